The summed E-state index contributed by atoms with van der Waals surface area (Å²) < 4.78 is 27.3. The number of rotatable bonds is 4. The van der Waals surface area contributed by atoms with Crippen molar-refractivity contribution in [2.45, 2.75) is 0 Å². The van der Waals surface area contributed by atoms with Crippen molar-refractivity contribution in [2.75, 3.05) is 20.4 Å². The molecule has 0 saturated carbocycles. The number of alkyl halides is 1. The van der Waals surface area contributed by atoms with Gasteiger partial charge in [-0.15, -0.1) is 0 Å². The van der Waals surface area contributed by atoms with Crippen molar-refractivity contribution in [3.8, 4) is 11.5 Å². The lowest BCUT2D eigenvalue weighted by Gasteiger charge is -2.10. The molecule has 0 spiro atoms. The number of methoxy groups -OCH3 is 1. The normalized spacial score (nSPS) is 10.5. The van der Waals surface area contributed by atoms with Gasteiger partial charge in [0.25, 0.3) is 0 Å². The van der Waals surface area contributed by atoms with Crippen molar-refractivity contribution in [3.63, 3.8) is 0 Å². The second-order valence-electron chi connectivity index (χ2n) is 3.33. The van der Waals surface area contributed by atoms with E-state index < -0.39 is 12.3 Å². The lowest BCUT2D eigenvalue weighted by atomic mass is 10.2. The van der Waals surface area contributed by atoms with E-state index in [1.165, 1.54) is 19.2 Å². The van der Waals surface area contributed by atoms with E-state index >= 15 is 0 Å². The van der Waals surface area contributed by atoms with Crippen LogP contribution in [-0.2, 0) is 0 Å². The van der Waals surface area contributed by atoms with Crippen LogP contribution in [0.5, 0.6) is 11.5 Å². The first-order valence-corrected chi connectivity index (χ1v) is 5.05. The monoisotopic (exact) mass is 238 g/mol. The summed E-state index contributed by atoms with van der Waals surface area (Å²) in [6.07, 6.45) is 0. The van der Waals surface area contributed by atoms with Gasteiger partial charge >= 0.3 is 5.63 Å². The highest BCUT2D eigenvalue weighted by molar-refractivity contribution is 5.80. The lowest BCUT2D eigenvalue weighted by Crippen LogP contribution is -2.01. The molecule has 17 heavy (non-hydrogen) atoms. The molecule has 5 heteroatoms. The SMILES string of the molecule is COc1cc2ccc(=O)oc2cc1OCCF. The molecule has 0 bridgehead atoms. The van der Waals surface area contributed by atoms with E-state index in [1.807, 2.05) is 0 Å². The Morgan fingerprint density at radius 1 is 1.29 bits per heavy atom. The lowest BCUT2D eigenvalue weighted by molar-refractivity contribution is 0.260. The quantitative estimate of drug-likeness (QED) is 0.766. The maximum atomic E-state index is 12.1. The molecular formula is C12H11FO4. The van der Waals surface area contributed by atoms with E-state index in [4.69, 9.17) is 13.9 Å². The molecule has 0 aliphatic rings. The van der Waals surface area contributed by atoms with Crippen LogP contribution < -0.4 is 15.1 Å². The maximum absolute atomic E-state index is 12.1. The molecule has 0 N–H and O–H groups in total. The molecule has 0 atom stereocenters. The maximum Gasteiger partial charge on any atom is 0.336 e. The molecule has 0 radical (unpaired) electrons. The molecule has 0 fully saturated rings. The van der Waals surface area contributed by atoms with Gasteiger partial charge in [-0.3, -0.25) is 0 Å². The van der Waals surface area contributed by atoms with Crippen LogP contribution in [0.2, 0.25) is 0 Å². The minimum atomic E-state index is -0.597. The highest BCUT2D eigenvalue weighted by Crippen LogP contribution is 2.31. The number of fused-ring (bicyclic) bond motifs is 1. The number of ether oxygens (including phenoxy) is 2. The standard InChI is InChI=1S/C12H11FO4/c1-15-10-6-8-2-3-12(14)17-9(8)7-11(10)16-5-4-13/h2-3,6-7H,4-5H2,1H3. The van der Waals surface area contributed by atoms with Crippen LogP contribution in [0.1, 0.15) is 0 Å². The average molecular weight is 238 g/mol. The fourth-order valence-electron chi connectivity index (χ4n) is 1.50. The molecule has 0 saturated heterocycles. The largest absolute Gasteiger partial charge is 0.493 e. The minimum absolute atomic E-state index is 0.0705. The molecule has 1 aromatic carbocycles. The third-order valence-corrected chi connectivity index (χ3v) is 2.24. The first kappa shape index (κ1) is 11.4. The van der Waals surface area contributed by atoms with Gasteiger partial charge in [-0.2, -0.15) is 0 Å². The van der Waals surface area contributed by atoms with Crippen LogP contribution >= 0.6 is 0 Å². The van der Waals surface area contributed by atoms with Crippen molar-refractivity contribution in [1.82, 2.24) is 0 Å². The zero-order valence-electron chi connectivity index (χ0n) is 9.23. The Morgan fingerprint density at radius 2 is 2.12 bits per heavy atom. The molecule has 2 rings (SSSR count). The first-order chi connectivity index (χ1) is 8.24. The fourth-order valence-corrected chi connectivity index (χ4v) is 1.50. The Kier molecular flexibility index (Phi) is 3.27. The molecule has 0 aliphatic carbocycles. The molecular weight excluding hydrogens is 227 g/mol. The fraction of sp³-hybridized carbons (Fsp3) is 0.250. The second kappa shape index (κ2) is 4.86. The minimum Gasteiger partial charge on any atom is -0.493 e. The van der Waals surface area contributed by atoms with Crippen molar-refractivity contribution >= 4 is 11.0 Å². The van der Waals surface area contributed by atoms with Crippen LogP contribution in [0, 0.1) is 0 Å². The Hall–Kier alpha value is -2.04. The molecule has 4 nitrogen and oxygen atoms in total. The van der Waals surface area contributed by atoms with Crippen molar-refractivity contribution < 1.29 is 18.3 Å². The van der Waals surface area contributed by atoms with Gasteiger partial charge in [0.2, 0.25) is 0 Å². The molecule has 0 unspecified atom stereocenters. The number of hydrogen-bond donors (Lipinski definition) is 0. The van der Waals surface area contributed by atoms with E-state index in [0.29, 0.717) is 22.5 Å². The zero-order valence-corrected chi connectivity index (χ0v) is 9.23. The van der Waals surface area contributed by atoms with E-state index in [2.05, 4.69) is 0 Å². The second-order valence-corrected chi connectivity index (χ2v) is 3.33. The van der Waals surface area contributed by atoms with Gasteiger partial charge in [0.15, 0.2) is 11.5 Å². The highest BCUT2D eigenvalue weighted by Gasteiger charge is 2.08. The van der Waals surface area contributed by atoms with Crippen LogP contribution in [0.4, 0.5) is 4.39 Å². The molecule has 2 aromatic rings. The molecule has 1 heterocycles. The summed E-state index contributed by atoms with van der Waals surface area (Å²) in [5.41, 5.74) is -0.0636. The van der Waals surface area contributed by atoms with Gasteiger partial charge in [-0.05, 0) is 12.1 Å². The summed E-state index contributed by atoms with van der Waals surface area (Å²) in [6, 6.07) is 6.14. The summed E-state index contributed by atoms with van der Waals surface area (Å²) in [7, 11) is 1.49. The van der Waals surface area contributed by atoms with Gasteiger partial charge in [0, 0.05) is 17.5 Å². The number of benzene rings is 1. The molecule has 1 aromatic heterocycles. The van der Waals surface area contributed by atoms with Gasteiger partial charge in [0.1, 0.15) is 18.9 Å². The van der Waals surface area contributed by atoms with Gasteiger partial charge in [-0.1, -0.05) is 0 Å². The third kappa shape index (κ3) is 2.38. The van der Waals surface area contributed by atoms with Crippen LogP contribution in [0.15, 0.2) is 33.5 Å². The van der Waals surface area contributed by atoms with Crippen LogP contribution in [-0.4, -0.2) is 20.4 Å². The summed E-state index contributed by atoms with van der Waals surface area (Å²) in [6.45, 7) is -0.668. The topological polar surface area (TPSA) is 48.7 Å². The van der Waals surface area contributed by atoms with Crippen LogP contribution in [0.25, 0.3) is 11.0 Å². The molecule has 0 amide bonds. The van der Waals surface area contributed by atoms with Crippen molar-refractivity contribution in [2.24, 2.45) is 0 Å². The summed E-state index contributed by atoms with van der Waals surface area (Å²) in [5, 5.41) is 0.717. The molecule has 90 valence electrons. The predicted molar refractivity (Wildman–Crippen MR) is 60.5 cm³/mol. The van der Waals surface area contributed by atoms with Gasteiger partial charge in [-0.25, -0.2) is 9.18 Å². The molecule has 0 aliphatic heterocycles. The first-order valence-electron chi connectivity index (χ1n) is 5.05. The van der Waals surface area contributed by atoms with E-state index in [0.717, 1.165) is 0 Å². The smallest absolute Gasteiger partial charge is 0.336 e. The number of hydrogen-bond acceptors (Lipinski definition) is 4. The average Bonchev–Trinajstić information content (AvgIpc) is 2.35. The van der Waals surface area contributed by atoms with Crippen molar-refractivity contribution in [1.29, 1.82) is 0 Å². The number of halogens is 1. The summed E-state index contributed by atoms with van der Waals surface area (Å²) in [4.78, 5) is 11.1. The Bertz CT molecular complexity index is 576. The zero-order chi connectivity index (χ0) is 12.3. The predicted octanol–water partition coefficient (Wildman–Crippen LogP) is 2.15. The van der Waals surface area contributed by atoms with E-state index in [1.54, 1.807) is 12.1 Å². The van der Waals surface area contributed by atoms with Crippen molar-refractivity contribution in [3.05, 3.63) is 34.7 Å². The third-order valence-electron chi connectivity index (χ3n) is 2.24. The summed E-state index contributed by atoms with van der Waals surface area (Å²) >= 11 is 0. The summed E-state index contributed by atoms with van der Waals surface area (Å²) in [5.74, 6) is 0.826. The Labute approximate surface area is 96.6 Å². The van der Waals surface area contributed by atoms with Crippen LogP contribution in [0.3, 0.4) is 0 Å². The van der Waals surface area contributed by atoms with Gasteiger partial charge in [0.05, 0.1) is 7.11 Å². The highest BCUT2D eigenvalue weighted by atomic mass is 19.1. The Balaban J connectivity index is 2.53. The van der Waals surface area contributed by atoms with E-state index in [9.17, 15) is 9.18 Å². The van der Waals surface area contributed by atoms with Gasteiger partial charge < -0.3 is 13.9 Å². The Morgan fingerprint density at radius 3 is 2.82 bits per heavy atom. The van der Waals surface area contributed by atoms with E-state index in [-0.39, 0.29) is 6.61 Å².